The number of rotatable bonds is 9. The molecule has 3 aromatic rings. The lowest BCUT2D eigenvalue weighted by Crippen LogP contribution is -2.38. The highest BCUT2D eigenvalue weighted by Gasteiger charge is 2.41. The Kier molecular flexibility index (Phi) is 8.20. The summed E-state index contributed by atoms with van der Waals surface area (Å²) in [6.07, 6.45) is 5.99. The molecule has 2 atom stereocenters. The number of hydrogen-bond donors (Lipinski definition) is 1. The van der Waals surface area contributed by atoms with Crippen LogP contribution in [-0.4, -0.2) is 24.8 Å². The van der Waals surface area contributed by atoms with Gasteiger partial charge in [0.25, 0.3) is 0 Å². The second-order valence-corrected chi connectivity index (χ2v) is 10.5. The third-order valence-corrected chi connectivity index (χ3v) is 8.03. The van der Waals surface area contributed by atoms with Gasteiger partial charge >= 0.3 is 0 Å². The van der Waals surface area contributed by atoms with Crippen molar-refractivity contribution in [2.45, 2.75) is 71.3 Å². The molecule has 6 nitrogen and oxygen atoms in total. The van der Waals surface area contributed by atoms with Crippen LogP contribution in [0.15, 0.2) is 82.6 Å². The number of carbonyl (C=O) groups excluding carboxylic acids is 2. The highest BCUT2D eigenvalue weighted by atomic mass is 16.3. The summed E-state index contributed by atoms with van der Waals surface area (Å²) < 4.78 is 5.71. The van der Waals surface area contributed by atoms with Gasteiger partial charge in [-0.15, -0.1) is 0 Å². The number of Topliss-reactive ketones (excluding diaryl/α,β-unsaturated/α-hetero) is 1. The predicted molar refractivity (Wildman–Crippen MR) is 157 cm³/mol. The zero-order chi connectivity index (χ0) is 27.4. The highest BCUT2D eigenvalue weighted by molar-refractivity contribution is 6.06. The van der Waals surface area contributed by atoms with E-state index >= 15 is 0 Å². The molecule has 1 aromatic heterocycles. The summed E-state index contributed by atoms with van der Waals surface area (Å²) in [5, 5.41) is 3.60. The second-order valence-electron chi connectivity index (χ2n) is 10.5. The number of ketones is 1. The molecule has 0 unspecified atom stereocenters. The number of amides is 1. The molecular formula is C33H39N3O3. The number of carbonyl (C=O) groups is 2. The van der Waals surface area contributed by atoms with Gasteiger partial charge in [-0.25, -0.2) is 0 Å². The van der Waals surface area contributed by atoms with Gasteiger partial charge in [-0.2, -0.15) is 0 Å². The Morgan fingerprint density at radius 3 is 2.44 bits per heavy atom. The van der Waals surface area contributed by atoms with Gasteiger partial charge in [-0.3, -0.25) is 14.5 Å². The molecule has 0 radical (unpaired) electrons. The van der Waals surface area contributed by atoms with Crippen LogP contribution in [0.4, 0.5) is 17.1 Å². The monoisotopic (exact) mass is 525 g/mol. The minimum Gasteiger partial charge on any atom is -0.469 e. The van der Waals surface area contributed by atoms with Crippen molar-refractivity contribution in [3.8, 4) is 0 Å². The summed E-state index contributed by atoms with van der Waals surface area (Å²) in [6, 6.07) is 19.7. The van der Waals surface area contributed by atoms with Crippen LogP contribution in [0.1, 0.15) is 82.6 Å². The van der Waals surface area contributed by atoms with Crippen LogP contribution in [-0.2, 0) is 9.59 Å². The third-order valence-electron chi connectivity index (χ3n) is 8.03. The fraction of sp³-hybridized carbons (Fsp3) is 0.394. The van der Waals surface area contributed by atoms with Crippen molar-refractivity contribution in [2.24, 2.45) is 0 Å². The van der Waals surface area contributed by atoms with E-state index in [9.17, 15) is 9.59 Å². The highest BCUT2D eigenvalue weighted by Crippen LogP contribution is 2.47. The normalized spacial score (nSPS) is 18.7. The number of furan rings is 1. The molecule has 6 heteroatoms. The molecule has 0 bridgehead atoms. The summed E-state index contributed by atoms with van der Waals surface area (Å²) in [7, 11) is 0. The molecule has 2 aromatic carbocycles. The number of fused-ring (bicyclic) bond motifs is 1. The van der Waals surface area contributed by atoms with Crippen LogP contribution < -0.4 is 15.1 Å². The first-order chi connectivity index (χ1) is 19.0. The van der Waals surface area contributed by atoms with Crippen LogP contribution in [0.5, 0.6) is 0 Å². The van der Waals surface area contributed by atoms with Crippen LogP contribution in [0.3, 0.4) is 0 Å². The first kappa shape index (κ1) is 26.8. The Morgan fingerprint density at radius 1 is 0.974 bits per heavy atom. The number of unbranched alkanes of at least 4 members (excludes halogenated alkanes) is 2. The maximum Gasteiger partial charge on any atom is 0.227 e. The van der Waals surface area contributed by atoms with Crippen molar-refractivity contribution in [2.75, 3.05) is 28.2 Å². The maximum atomic E-state index is 14.0. The number of benzene rings is 2. The van der Waals surface area contributed by atoms with Crippen LogP contribution >= 0.6 is 0 Å². The molecule has 1 N–H and O–H groups in total. The zero-order valence-electron chi connectivity index (χ0n) is 23.3. The van der Waals surface area contributed by atoms with E-state index in [2.05, 4.69) is 55.3 Å². The molecule has 1 aliphatic carbocycles. The third kappa shape index (κ3) is 5.38. The Bertz CT molecular complexity index is 1320. The first-order valence-corrected chi connectivity index (χ1v) is 14.4. The number of hydrogen-bond acceptors (Lipinski definition) is 5. The molecule has 2 heterocycles. The lowest BCUT2D eigenvalue weighted by molar-refractivity contribution is -0.119. The van der Waals surface area contributed by atoms with E-state index in [1.807, 2.05) is 41.3 Å². The first-order valence-electron chi connectivity index (χ1n) is 14.4. The van der Waals surface area contributed by atoms with Crippen LogP contribution in [0.25, 0.3) is 0 Å². The van der Waals surface area contributed by atoms with Crippen molar-refractivity contribution >= 4 is 28.8 Å². The average molecular weight is 526 g/mol. The molecule has 0 spiro atoms. The van der Waals surface area contributed by atoms with Crippen molar-refractivity contribution < 1.29 is 14.0 Å². The van der Waals surface area contributed by atoms with Crippen molar-refractivity contribution in [3.05, 3.63) is 89.5 Å². The van der Waals surface area contributed by atoms with Crippen LogP contribution in [0, 0.1) is 0 Å². The quantitative estimate of drug-likeness (QED) is 0.291. The molecule has 0 saturated heterocycles. The standard InChI is InChI=1S/C33H39N3O3/c1-4-7-8-15-31(38)36-28-13-10-9-12-26(28)34-27-21-24(30-14-11-20-39-30)22-29(37)32(27)33(36)23-16-18-25(19-17-23)35(5-2)6-3/h9-14,16-20,24,33-34H,4-8,15,21-22H2,1-3H3/t24-,33+/m0/s1. The lowest BCUT2D eigenvalue weighted by atomic mass is 9.80. The van der Waals surface area contributed by atoms with E-state index < -0.39 is 6.04 Å². The van der Waals surface area contributed by atoms with Gasteiger partial charge in [-0.05, 0) is 68.7 Å². The summed E-state index contributed by atoms with van der Waals surface area (Å²) in [5.74, 6) is 0.887. The fourth-order valence-corrected chi connectivity index (χ4v) is 6.01. The summed E-state index contributed by atoms with van der Waals surface area (Å²) in [5.41, 5.74) is 5.32. The van der Waals surface area contributed by atoms with Crippen LogP contribution in [0.2, 0.25) is 0 Å². The second kappa shape index (κ2) is 11.9. The van der Waals surface area contributed by atoms with Gasteiger partial charge in [0.2, 0.25) is 5.91 Å². The number of anilines is 3. The minimum atomic E-state index is -0.499. The van der Waals surface area contributed by atoms with Gasteiger partial charge in [0.1, 0.15) is 5.76 Å². The zero-order valence-corrected chi connectivity index (χ0v) is 23.3. The Labute approximate surface area is 231 Å². The lowest BCUT2D eigenvalue weighted by Gasteiger charge is -2.35. The molecule has 0 fully saturated rings. The Hall–Kier alpha value is -3.80. The molecule has 1 amide bonds. The summed E-state index contributed by atoms with van der Waals surface area (Å²) in [6.45, 7) is 8.27. The average Bonchev–Trinajstić information content (AvgIpc) is 3.44. The van der Waals surface area contributed by atoms with Gasteiger partial charge in [0, 0.05) is 48.8 Å². The van der Waals surface area contributed by atoms with Crippen molar-refractivity contribution in [1.82, 2.24) is 0 Å². The smallest absolute Gasteiger partial charge is 0.227 e. The van der Waals surface area contributed by atoms with E-state index in [0.29, 0.717) is 24.8 Å². The minimum absolute atomic E-state index is 0.0385. The Morgan fingerprint density at radius 2 is 1.74 bits per heavy atom. The predicted octanol–water partition coefficient (Wildman–Crippen LogP) is 7.61. The Balaban J connectivity index is 1.65. The van der Waals surface area contributed by atoms with Crippen molar-refractivity contribution in [3.63, 3.8) is 0 Å². The van der Waals surface area contributed by atoms with Gasteiger partial charge in [0.05, 0.1) is 23.7 Å². The molecule has 39 heavy (non-hydrogen) atoms. The molecule has 204 valence electrons. The van der Waals surface area contributed by atoms with E-state index in [-0.39, 0.29) is 17.6 Å². The number of nitrogens with zero attached hydrogens (tertiary/aromatic N) is 2. The molecule has 0 saturated carbocycles. The summed E-state index contributed by atoms with van der Waals surface area (Å²) >= 11 is 0. The van der Waals surface area contributed by atoms with Gasteiger partial charge < -0.3 is 14.6 Å². The number of para-hydroxylation sites is 2. The maximum absolute atomic E-state index is 14.0. The molecular weight excluding hydrogens is 486 g/mol. The van der Waals surface area contributed by atoms with E-state index in [4.69, 9.17) is 4.42 Å². The number of allylic oxidation sites excluding steroid dienone is 1. The fourth-order valence-electron chi connectivity index (χ4n) is 6.01. The molecule has 2 aliphatic rings. The summed E-state index contributed by atoms with van der Waals surface area (Å²) in [4.78, 5) is 32.2. The topological polar surface area (TPSA) is 65.8 Å². The van der Waals surface area contributed by atoms with Gasteiger partial charge in [-0.1, -0.05) is 44.0 Å². The van der Waals surface area contributed by atoms with E-state index in [1.54, 1.807) is 6.26 Å². The largest absolute Gasteiger partial charge is 0.469 e. The van der Waals surface area contributed by atoms with E-state index in [1.165, 1.54) is 0 Å². The molecule has 5 rings (SSSR count). The number of nitrogens with one attached hydrogen (secondary N) is 1. The molecule has 1 aliphatic heterocycles. The van der Waals surface area contributed by atoms with Gasteiger partial charge in [0.15, 0.2) is 5.78 Å². The van der Waals surface area contributed by atoms with Crippen molar-refractivity contribution in [1.29, 1.82) is 0 Å². The van der Waals surface area contributed by atoms with E-state index in [0.717, 1.165) is 66.4 Å². The SMILES string of the molecule is CCCCCC(=O)N1c2ccccc2NC2=C(C(=O)C[C@@H](c3ccco3)C2)[C@H]1c1ccc(N(CC)CC)cc1.